The molecule has 148 valence electrons. The van der Waals surface area contributed by atoms with Gasteiger partial charge in [-0.05, 0) is 49.1 Å². The Morgan fingerprint density at radius 2 is 1.89 bits per heavy atom. The lowest BCUT2D eigenvalue weighted by molar-refractivity contribution is -0.121. The van der Waals surface area contributed by atoms with Crippen molar-refractivity contribution in [2.75, 3.05) is 6.61 Å². The van der Waals surface area contributed by atoms with Gasteiger partial charge in [-0.2, -0.15) is 0 Å². The molecule has 0 saturated carbocycles. The molecule has 1 aromatic heterocycles. The Morgan fingerprint density at radius 3 is 2.64 bits per heavy atom. The predicted octanol–water partition coefficient (Wildman–Crippen LogP) is 4.48. The molecule has 0 fully saturated rings. The van der Waals surface area contributed by atoms with Gasteiger partial charge in [0.1, 0.15) is 11.6 Å². The third-order valence-corrected chi connectivity index (χ3v) is 4.78. The highest BCUT2D eigenvalue weighted by molar-refractivity contribution is 5.77. The maximum Gasteiger partial charge on any atom is 0.220 e. The van der Waals surface area contributed by atoms with Gasteiger partial charge in [0.25, 0.3) is 0 Å². The smallest absolute Gasteiger partial charge is 0.220 e. The zero-order chi connectivity index (χ0) is 19.8. The lowest BCUT2D eigenvalue weighted by Crippen LogP contribution is -2.24. The summed E-state index contributed by atoms with van der Waals surface area (Å²) < 4.78 is 8.07. The lowest BCUT2D eigenvalue weighted by atomic mass is 10.2. The first-order chi connectivity index (χ1) is 13.7. The Kier molecular flexibility index (Phi) is 7.06. The van der Waals surface area contributed by atoms with Crippen molar-refractivity contribution in [1.82, 2.24) is 14.9 Å². The van der Waals surface area contributed by atoms with Gasteiger partial charge in [0, 0.05) is 13.0 Å². The summed E-state index contributed by atoms with van der Waals surface area (Å²) in [5.41, 5.74) is 3.36. The molecule has 0 spiro atoms. The Bertz CT molecular complexity index is 900. The number of para-hydroxylation sites is 2. The number of fused-ring (bicyclic) bond motifs is 1. The number of carbonyl (C=O) groups excluding carboxylic acids is 1. The fourth-order valence-electron chi connectivity index (χ4n) is 3.24. The molecule has 3 aromatic rings. The number of aromatic nitrogens is 2. The number of nitrogens with one attached hydrogen (secondary N) is 1. The van der Waals surface area contributed by atoms with Crippen LogP contribution in [0.3, 0.4) is 0 Å². The van der Waals surface area contributed by atoms with Crippen molar-refractivity contribution in [3.8, 4) is 5.75 Å². The lowest BCUT2D eigenvalue weighted by Gasteiger charge is -2.11. The number of hydrogen-bond acceptors (Lipinski definition) is 3. The zero-order valence-corrected chi connectivity index (χ0v) is 16.8. The first-order valence-corrected chi connectivity index (χ1v) is 10.1. The SMILES string of the molecule is CCCC(=O)NCc1nc2ccccc2n1CCCOc1ccc(CC)cc1. The van der Waals surface area contributed by atoms with Gasteiger partial charge in [-0.15, -0.1) is 0 Å². The summed E-state index contributed by atoms with van der Waals surface area (Å²) in [7, 11) is 0. The van der Waals surface area contributed by atoms with Crippen molar-refractivity contribution >= 4 is 16.9 Å². The molecular formula is C23H29N3O2. The van der Waals surface area contributed by atoms with E-state index in [1.807, 2.05) is 37.3 Å². The van der Waals surface area contributed by atoms with Crippen molar-refractivity contribution in [2.45, 2.75) is 52.6 Å². The summed E-state index contributed by atoms with van der Waals surface area (Å²) >= 11 is 0. The van der Waals surface area contributed by atoms with Crippen molar-refractivity contribution in [3.05, 3.63) is 59.9 Å². The van der Waals surface area contributed by atoms with Gasteiger partial charge in [-0.1, -0.05) is 38.1 Å². The molecule has 0 aliphatic carbocycles. The van der Waals surface area contributed by atoms with E-state index in [9.17, 15) is 4.79 Å². The number of amides is 1. The Morgan fingerprint density at radius 1 is 1.11 bits per heavy atom. The van der Waals surface area contributed by atoms with Crippen LogP contribution in [0, 0.1) is 0 Å². The van der Waals surface area contributed by atoms with Crippen LogP contribution in [0.4, 0.5) is 0 Å². The van der Waals surface area contributed by atoms with Crippen LogP contribution in [0.25, 0.3) is 11.0 Å². The van der Waals surface area contributed by atoms with E-state index >= 15 is 0 Å². The van der Waals surface area contributed by atoms with Crippen molar-refractivity contribution in [1.29, 1.82) is 0 Å². The Balaban J connectivity index is 1.61. The predicted molar refractivity (Wildman–Crippen MR) is 112 cm³/mol. The number of rotatable bonds is 10. The average Bonchev–Trinajstić information content (AvgIpc) is 3.08. The molecule has 0 saturated heterocycles. The molecule has 0 aliphatic heterocycles. The number of carbonyl (C=O) groups is 1. The molecule has 1 amide bonds. The van der Waals surface area contributed by atoms with Crippen molar-refractivity contribution in [3.63, 3.8) is 0 Å². The first kappa shape index (κ1) is 19.9. The Labute approximate surface area is 166 Å². The van der Waals surface area contributed by atoms with Gasteiger partial charge in [-0.3, -0.25) is 4.79 Å². The molecule has 5 heteroatoms. The van der Waals surface area contributed by atoms with E-state index in [2.05, 4.69) is 35.0 Å². The first-order valence-electron chi connectivity index (χ1n) is 10.1. The average molecular weight is 380 g/mol. The van der Waals surface area contributed by atoms with Crippen LogP contribution in [-0.4, -0.2) is 22.1 Å². The summed E-state index contributed by atoms with van der Waals surface area (Å²) in [6.45, 7) is 6.04. The summed E-state index contributed by atoms with van der Waals surface area (Å²) in [5, 5.41) is 2.97. The van der Waals surface area contributed by atoms with Gasteiger partial charge >= 0.3 is 0 Å². The van der Waals surface area contributed by atoms with Gasteiger partial charge in [0.2, 0.25) is 5.91 Å². The number of hydrogen-bond donors (Lipinski definition) is 1. The van der Waals surface area contributed by atoms with Crippen LogP contribution in [-0.2, 0) is 24.3 Å². The second-order valence-electron chi connectivity index (χ2n) is 6.89. The maximum absolute atomic E-state index is 11.8. The van der Waals surface area contributed by atoms with Gasteiger partial charge in [0.15, 0.2) is 0 Å². The van der Waals surface area contributed by atoms with Crippen LogP contribution >= 0.6 is 0 Å². The number of nitrogens with zero attached hydrogens (tertiary/aromatic N) is 2. The second-order valence-corrected chi connectivity index (χ2v) is 6.89. The quantitative estimate of drug-likeness (QED) is 0.528. The van der Waals surface area contributed by atoms with Crippen LogP contribution in [0.1, 0.15) is 44.5 Å². The van der Waals surface area contributed by atoms with Crippen LogP contribution in [0.5, 0.6) is 5.75 Å². The minimum atomic E-state index is 0.0694. The molecule has 3 rings (SSSR count). The van der Waals surface area contributed by atoms with E-state index in [0.29, 0.717) is 19.6 Å². The van der Waals surface area contributed by atoms with Crippen molar-refractivity contribution < 1.29 is 9.53 Å². The third kappa shape index (κ3) is 5.12. The second kappa shape index (κ2) is 9.93. The monoisotopic (exact) mass is 379 g/mol. The van der Waals surface area contributed by atoms with Crippen LogP contribution in [0.15, 0.2) is 48.5 Å². The Hall–Kier alpha value is -2.82. The van der Waals surface area contributed by atoms with E-state index in [0.717, 1.165) is 48.4 Å². The minimum absolute atomic E-state index is 0.0694. The minimum Gasteiger partial charge on any atom is -0.494 e. The number of aryl methyl sites for hydroxylation is 2. The highest BCUT2D eigenvalue weighted by atomic mass is 16.5. The largest absolute Gasteiger partial charge is 0.494 e. The van der Waals surface area contributed by atoms with Gasteiger partial charge in [0.05, 0.1) is 24.2 Å². The topological polar surface area (TPSA) is 56.2 Å². The molecule has 0 atom stereocenters. The molecule has 0 aliphatic rings. The number of ether oxygens (including phenoxy) is 1. The maximum atomic E-state index is 11.8. The molecule has 0 bridgehead atoms. The van der Waals surface area contributed by atoms with E-state index < -0.39 is 0 Å². The standard InChI is InChI=1S/C23H29N3O2/c1-3-8-23(27)24-17-22-25-20-9-5-6-10-21(20)26(22)15-7-16-28-19-13-11-18(4-2)12-14-19/h5-6,9-14H,3-4,7-8,15-17H2,1-2H3,(H,24,27). The summed E-state index contributed by atoms with van der Waals surface area (Å²) in [6.07, 6.45) is 3.29. The molecule has 1 heterocycles. The van der Waals surface area contributed by atoms with Crippen molar-refractivity contribution in [2.24, 2.45) is 0 Å². The summed E-state index contributed by atoms with van der Waals surface area (Å²) in [5.74, 6) is 1.86. The fraction of sp³-hybridized carbons (Fsp3) is 0.391. The normalized spacial score (nSPS) is 10.9. The van der Waals surface area contributed by atoms with E-state index in [1.165, 1.54) is 5.56 Å². The molecule has 5 nitrogen and oxygen atoms in total. The zero-order valence-electron chi connectivity index (χ0n) is 16.8. The molecule has 2 aromatic carbocycles. The van der Waals surface area contributed by atoms with Gasteiger partial charge in [-0.25, -0.2) is 4.98 Å². The number of benzene rings is 2. The highest BCUT2D eigenvalue weighted by Gasteiger charge is 2.11. The molecule has 28 heavy (non-hydrogen) atoms. The van der Waals surface area contributed by atoms with Gasteiger partial charge < -0.3 is 14.6 Å². The van der Waals surface area contributed by atoms with E-state index in [1.54, 1.807) is 0 Å². The third-order valence-electron chi connectivity index (χ3n) is 4.78. The fourth-order valence-corrected chi connectivity index (χ4v) is 3.24. The molecule has 1 N–H and O–H groups in total. The van der Waals surface area contributed by atoms with E-state index in [4.69, 9.17) is 9.72 Å². The molecule has 0 radical (unpaired) electrons. The number of imidazole rings is 1. The van der Waals surface area contributed by atoms with Crippen LogP contribution < -0.4 is 10.1 Å². The summed E-state index contributed by atoms with van der Waals surface area (Å²) in [6, 6.07) is 16.4. The summed E-state index contributed by atoms with van der Waals surface area (Å²) in [4.78, 5) is 16.5. The van der Waals surface area contributed by atoms with Crippen LogP contribution in [0.2, 0.25) is 0 Å². The van der Waals surface area contributed by atoms with E-state index in [-0.39, 0.29) is 5.91 Å². The molecular weight excluding hydrogens is 350 g/mol. The molecule has 0 unspecified atom stereocenters. The highest BCUT2D eigenvalue weighted by Crippen LogP contribution is 2.17.